The van der Waals surface area contributed by atoms with Crippen LogP contribution in [0.1, 0.15) is 48.5 Å². The Morgan fingerprint density at radius 3 is 2.67 bits per heavy atom. The third kappa shape index (κ3) is 5.61. The summed E-state index contributed by atoms with van der Waals surface area (Å²) in [6, 6.07) is 13.2. The molecule has 33 heavy (non-hydrogen) atoms. The molecule has 0 atom stereocenters. The molecule has 0 radical (unpaired) electrons. The van der Waals surface area contributed by atoms with E-state index >= 15 is 0 Å². The van der Waals surface area contributed by atoms with Crippen LogP contribution in [0.15, 0.2) is 61.1 Å². The molecular weight excluding hydrogens is 418 g/mol. The lowest BCUT2D eigenvalue weighted by Gasteiger charge is -2.26. The Balaban J connectivity index is 1.72. The zero-order chi connectivity index (χ0) is 23.0. The molecule has 1 fully saturated rings. The number of hydrogen-bond acceptors (Lipinski definition) is 7. The summed E-state index contributed by atoms with van der Waals surface area (Å²) in [7, 11) is 1.65. The number of esters is 1. The van der Waals surface area contributed by atoms with E-state index in [0.717, 1.165) is 24.1 Å². The van der Waals surface area contributed by atoms with Gasteiger partial charge in [0.1, 0.15) is 5.82 Å². The summed E-state index contributed by atoms with van der Waals surface area (Å²) in [6.07, 6.45) is 9.86. The number of anilines is 2. The zero-order valence-electron chi connectivity index (χ0n) is 19.1. The maximum Gasteiger partial charge on any atom is 0.338 e. The fraction of sp³-hybridized carbons (Fsp3) is 0.346. The summed E-state index contributed by atoms with van der Waals surface area (Å²) >= 11 is 0. The summed E-state index contributed by atoms with van der Waals surface area (Å²) in [6.45, 7) is 2.62. The van der Waals surface area contributed by atoms with Gasteiger partial charge in [-0.3, -0.25) is 4.98 Å². The summed E-state index contributed by atoms with van der Waals surface area (Å²) in [5.41, 5.74) is 2.34. The first-order valence-electron chi connectivity index (χ1n) is 11.3. The first-order chi connectivity index (χ1) is 16.2. The lowest BCUT2D eigenvalue weighted by atomic mass is 10.2. The SMILES string of the molecule is CCOC(=O)c1ccnc(N(Cc2cccnc2)c2ccc(OC)c(OC3CCCC3)c2)c1. The average molecular weight is 448 g/mol. The van der Waals surface area contributed by atoms with Crippen LogP contribution in [0.2, 0.25) is 0 Å². The van der Waals surface area contributed by atoms with Crippen molar-refractivity contribution in [3.05, 3.63) is 72.2 Å². The number of rotatable bonds is 9. The third-order valence-corrected chi connectivity index (χ3v) is 5.65. The van der Waals surface area contributed by atoms with Gasteiger partial charge in [-0.2, -0.15) is 0 Å². The van der Waals surface area contributed by atoms with E-state index in [-0.39, 0.29) is 12.1 Å². The van der Waals surface area contributed by atoms with Crippen LogP contribution in [0.3, 0.4) is 0 Å². The van der Waals surface area contributed by atoms with Crippen molar-refractivity contribution in [1.29, 1.82) is 0 Å². The van der Waals surface area contributed by atoms with Gasteiger partial charge in [0.15, 0.2) is 11.5 Å². The van der Waals surface area contributed by atoms with Crippen molar-refractivity contribution in [1.82, 2.24) is 9.97 Å². The van der Waals surface area contributed by atoms with E-state index < -0.39 is 0 Å². The van der Waals surface area contributed by atoms with Gasteiger partial charge in [0, 0.05) is 30.3 Å². The number of ether oxygens (including phenoxy) is 3. The summed E-state index contributed by atoms with van der Waals surface area (Å²) in [5, 5.41) is 0. The third-order valence-electron chi connectivity index (χ3n) is 5.65. The predicted octanol–water partition coefficient (Wildman–Crippen LogP) is 5.32. The number of benzene rings is 1. The monoisotopic (exact) mass is 447 g/mol. The van der Waals surface area contributed by atoms with Crippen molar-refractivity contribution in [2.45, 2.75) is 45.3 Å². The molecule has 0 N–H and O–H groups in total. The number of pyridine rings is 2. The first-order valence-corrected chi connectivity index (χ1v) is 11.3. The standard InChI is InChI=1S/C26H29N3O4/c1-3-32-26(30)20-12-14-28-25(15-20)29(18-19-7-6-13-27-17-19)21-10-11-23(31-2)24(16-21)33-22-8-4-5-9-22/h6-7,10-17,22H,3-5,8-9,18H2,1-2H3. The van der Waals surface area contributed by atoms with Gasteiger partial charge in [-0.1, -0.05) is 6.07 Å². The molecule has 2 aromatic heterocycles. The van der Waals surface area contributed by atoms with Crippen LogP contribution < -0.4 is 14.4 Å². The number of hydrogen-bond donors (Lipinski definition) is 0. The fourth-order valence-electron chi connectivity index (χ4n) is 4.00. The fourth-order valence-corrected chi connectivity index (χ4v) is 4.00. The Morgan fingerprint density at radius 1 is 1.09 bits per heavy atom. The van der Waals surface area contributed by atoms with E-state index in [2.05, 4.69) is 9.97 Å². The Hall–Kier alpha value is -3.61. The Kier molecular flexibility index (Phi) is 7.40. The molecule has 0 amide bonds. The molecule has 0 spiro atoms. The maximum absolute atomic E-state index is 12.3. The molecule has 1 aliphatic carbocycles. The van der Waals surface area contributed by atoms with Crippen molar-refractivity contribution < 1.29 is 19.0 Å². The highest BCUT2D eigenvalue weighted by molar-refractivity contribution is 5.90. The second-order valence-electron chi connectivity index (χ2n) is 7.93. The first kappa shape index (κ1) is 22.6. The van der Waals surface area contributed by atoms with Crippen LogP contribution >= 0.6 is 0 Å². The minimum Gasteiger partial charge on any atom is -0.493 e. The van der Waals surface area contributed by atoms with Crippen LogP contribution in [0.5, 0.6) is 11.5 Å². The highest BCUT2D eigenvalue weighted by Crippen LogP contribution is 2.37. The van der Waals surface area contributed by atoms with Gasteiger partial charge in [0.05, 0.1) is 31.9 Å². The largest absolute Gasteiger partial charge is 0.493 e. The number of aromatic nitrogens is 2. The van der Waals surface area contributed by atoms with Crippen molar-refractivity contribution in [2.75, 3.05) is 18.6 Å². The predicted molar refractivity (Wildman–Crippen MR) is 126 cm³/mol. The number of nitrogens with zero attached hydrogens (tertiary/aromatic N) is 3. The average Bonchev–Trinajstić information content (AvgIpc) is 3.36. The van der Waals surface area contributed by atoms with Crippen molar-refractivity contribution in [2.24, 2.45) is 0 Å². The van der Waals surface area contributed by atoms with Gasteiger partial charge < -0.3 is 19.1 Å². The van der Waals surface area contributed by atoms with Crippen LogP contribution in [-0.4, -0.2) is 35.8 Å². The molecular formula is C26H29N3O4. The van der Waals surface area contributed by atoms with Gasteiger partial charge in [0.2, 0.25) is 0 Å². The molecule has 1 saturated carbocycles. The van der Waals surface area contributed by atoms with Crippen molar-refractivity contribution in [3.8, 4) is 11.5 Å². The van der Waals surface area contributed by atoms with E-state index in [1.54, 1.807) is 38.6 Å². The molecule has 1 aromatic carbocycles. The van der Waals surface area contributed by atoms with Crippen LogP contribution in [0, 0.1) is 0 Å². The molecule has 2 heterocycles. The molecule has 172 valence electrons. The van der Waals surface area contributed by atoms with Gasteiger partial charge in [-0.25, -0.2) is 9.78 Å². The van der Waals surface area contributed by atoms with E-state index in [1.165, 1.54) is 12.8 Å². The van der Waals surface area contributed by atoms with E-state index in [9.17, 15) is 4.79 Å². The highest BCUT2D eigenvalue weighted by atomic mass is 16.5. The van der Waals surface area contributed by atoms with Crippen LogP contribution in [-0.2, 0) is 11.3 Å². The molecule has 1 aliphatic rings. The zero-order valence-corrected chi connectivity index (χ0v) is 19.1. The quantitative estimate of drug-likeness (QED) is 0.411. The number of methoxy groups -OCH3 is 1. The maximum atomic E-state index is 12.3. The van der Waals surface area contributed by atoms with Gasteiger partial charge in [-0.05, 0) is 68.5 Å². The van der Waals surface area contributed by atoms with Crippen LogP contribution in [0.25, 0.3) is 0 Å². The molecule has 0 unspecified atom stereocenters. The molecule has 7 heteroatoms. The van der Waals surface area contributed by atoms with Gasteiger partial charge in [-0.15, -0.1) is 0 Å². The highest BCUT2D eigenvalue weighted by Gasteiger charge is 2.21. The van der Waals surface area contributed by atoms with E-state index in [4.69, 9.17) is 14.2 Å². The second kappa shape index (κ2) is 10.8. The van der Waals surface area contributed by atoms with Crippen molar-refractivity contribution in [3.63, 3.8) is 0 Å². The molecule has 0 bridgehead atoms. The lowest BCUT2D eigenvalue weighted by Crippen LogP contribution is -2.19. The summed E-state index contributed by atoms with van der Waals surface area (Å²) < 4.78 is 17.0. The van der Waals surface area contributed by atoms with Crippen molar-refractivity contribution >= 4 is 17.5 Å². The van der Waals surface area contributed by atoms with E-state index in [0.29, 0.717) is 36.0 Å². The number of carbonyl (C=O) groups is 1. The van der Waals surface area contributed by atoms with E-state index in [1.807, 2.05) is 41.4 Å². The molecule has 4 rings (SSSR count). The topological polar surface area (TPSA) is 73.8 Å². The Bertz CT molecular complexity index is 1070. The normalized spacial score (nSPS) is 13.5. The molecule has 0 aliphatic heterocycles. The molecule has 0 saturated heterocycles. The minimum absolute atomic E-state index is 0.200. The molecule has 3 aromatic rings. The van der Waals surface area contributed by atoms with Crippen LogP contribution in [0.4, 0.5) is 11.5 Å². The smallest absolute Gasteiger partial charge is 0.338 e. The van der Waals surface area contributed by atoms with Gasteiger partial charge in [0.25, 0.3) is 0 Å². The summed E-state index contributed by atoms with van der Waals surface area (Å²) in [4.78, 5) is 23.2. The van der Waals surface area contributed by atoms with Gasteiger partial charge >= 0.3 is 5.97 Å². The second-order valence-corrected chi connectivity index (χ2v) is 7.93. The minimum atomic E-state index is -0.373. The Morgan fingerprint density at radius 2 is 1.94 bits per heavy atom. The Labute approximate surface area is 194 Å². The lowest BCUT2D eigenvalue weighted by molar-refractivity contribution is 0.0526. The summed E-state index contributed by atoms with van der Waals surface area (Å²) in [5.74, 6) is 1.66. The molecule has 7 nitrogen and oxygen atoms in total. The number of carbonyl (C=O) groups excluding carboxylic acids is 1.